The lowest BCUT2D eigenvalue weighted by Gasteiger charge is -2.19. The summed E-state index contributed by atoms with van der Waals surface area (Å²) in [5.41, 5.74) is 3.07. The predicted octanol–water partition coefficient (Wildman–Crippen LogP) is 2.04. The van der Waals surface area contributed by atoms with Crippen molar-refractivity contribution in [3.8, 4) is 17.2 Å². The Balaban J connectivity index is 2.27. The largest absolute Gasteiger partial charge is 0.292 e. The molecule has 3 rings (SSSR count). The Hall–Kier alpha value is -2.93. The quantitative estimate of drug-likeness (QED) is 0.799. The summed E-state index contributed by atoms with van der Waals surface area (Å²) in [6.07, 6.45) is 0.184. The number of carbonyl (C=O) groups excluding carboxylic acids is 2. The highest BCUT2D eigenvalue weighted by Crippen LogP contribution is 2.30. The van der Waals surface area contributed by atoms with Gasteiger partial charge in [-0.3, -0.25) is 14.9 Å². The molecule has 20 heavy (non-hydrogen) atoms. The Morgan fingerprint density at radius 3 is 2.55 bits per heavy atom. The molecule has 96 valence electrons. The third-order valence-corrected chi connectivity index (χ3v) is 3.32. The van der Waals surface area contributed by atoms with Crippen LogP contribution in [0.2, 0.25) is 0 Å². The number of nitrogens with one attached hydrogen (secondary N) is 1. The fourth-order valence-corrected chi connectivity index (χ4v) is 2.46. The van der Waals surface area contributed by atoms with E-state index in [4.69, 9.17) is 0 Å². The highest BCUT2D eigenvalue weighted by Gasteiger charge is 2.25. The first-order chi connectivity index (χ1) is 9.70. The second-order valence-corrected chi connectivity index (χ2v) is 4.55. The Morgan fingerprint density at radius 2 is 1.75 bits per heavy atom. The molecular weight excluding hydrogens is 252 g/mol. The third kappa shape index (κ3) is 1.86. The number of amides is 2. The van der Waals surface area contributed by atoms with Gasteiger partial charge in [-0.05, 0) is 17.2 Å². The molecule has 1 aliphatic heterocycles. The minimum Gasteiger partial charge on any atom is -0.292 e. The van der Waals surface area contributed by atoms with E-state index in [1.807, 2.05) is 6.07 Å². The van der Waals surface area contributed by atoms with Gasteiger partial charge in [-0.15, -0.1) is 0 Å². The molecule has 0 aliphatic carbocycles. The monoisotopic (exact) mass is 262 g/mol. The molecule has 0 radical (unpaired) electrons. The van der Waals surface area contributed by atoms with Gasteiger partial charge in [-0.1, -0.05) is 36.4 Å². The molecule has 0 aromatic heterocycles. The topological polar surface area (TPSA) is 70.0 Å². The molecule has 0 atom stereocenters. The fraction of sp³-hybridized carbons (Fsp3) is 0.0625. The smallest absolute Gasteiger partial charge is 0.258 e. The molecular formula is C16H10N2O2. The molecule has 1 aliphatic rings. The van der Waals surface area contributed by atoms with Gasteiger partial charge in [-0.2, -0.15) is 5.26 Å². The van der Waals surface area contributed by atoms with Gasteiger partial charge in [-0.25, -0.2) is 0 Å². The Morgan fingerprint density at radius 1 is 1.00 bits per heavy atom. The number of nitriles is 1. The summed E-state index contributed by atoms with van der Waals surface area (Å²) in [6.45, 7) is 0. The van der Waals surface area contributed by atoms with E-state index in [9.17, 15) is 14.9 Å². The van der Waals surface area contributed by atoms with Crippen molar-refractivity contribution in [2.75, 3.05) is 0 Å². The highest BCUT2D eigenvalue weighted by molar-refractivity contribution is 6.13. The zero-order valence-corrected chi connectivity index (χ0v) is 10.5. The third-order valence-electron chi connectivity index (χ3n) is 3.32. The number of rotatable bonds is 1. The van der Waals surface area contributed by atoms with Crippen LogP contribution in [-0.4, -0.2) is 11.8 Å². The Bertz CT molecular complexity index is 772. The molecule has 0 saturated carbocycles. The van der Waals surface area contributed by atoms with Gasteiger partial charge in [0.05, 0.1) is 23.6 Å². The van der Waals surface area contributed by atoms with Crippen LogP contribution in [0.25, 0.3) is 11.1 Å². The molecule has 0 bridgehead atoms. The summed E-state index contributed by atoms with van der Waals surface area (Å²) >= 11 is 0. The van der Waals surface area contributed by atoms with E-state index < -0.39 is 5.91 Å². The fourth-order valence-electron chi connectivity index (χ4n) is 2.46. The number of carbonyl (C=O) groups is 2. The van der Waals surface area contributed by atoms with E-state index in [0.717, 1.165) is 0 Å². The maximum Gasteiger partial charge on any atom is 0.258 e. The van der Waals surface area contributed by atoms with Crippen molar-refractivity contribution in [3.05, 3.63) is 59.2 Å². The van der Waals surface area contributed by atoms with Gasteiger partial charge in [0.1, 0.15) is 0 Å². The molecule has 2 aromatic rings. The average molecular weight is 262 g/mol. The molecule has 4 nitrogen and oxygen atoms in total. The van der Waals surface area contributed by atoms with Crippen LogP contribution in [0.15, 0.2) is 42.5 Å². The van der Waals surface area contributed by atoms with Crippen LogP contribution in [0, 0.1) is 11.3 Å². The highest BCUT2D eigenvalue weighted by atomic mass is 16.2. The minimum absolute atomic E-state index is 0.184. The lowest BCUT2D eigenvalue weighted by molar-refractivity contribution is -0.119. The molecule has 0 spiro atoms. The van der Waals surface area contributed by atoms with Crippen molar-refractivity contribution < 1.29 is 9.59 Å². The van der Waals surface area contributed by atoms with Crippen LogP contribution < -0.4 is 5.32 Å². The van der Waals surface area contributed by atoms with Crippen LogP contribution in [0.4, 0.5) is 0 Å². The van der Waals surface area contributed by atoms with Gasteiger partial charge in [0.25, 0.3) is 5.91 Å². The second kappa shape index (κ2) is 4.63. The Labute approximate surface area is 115 Å². The maximum atomic E-state index is 12.1. The number of nitrogens with zero attached hydrogens (tertiary/aromatic N) is 1. The van der Waals surface area contributed by atoms with Gasteiger partial charge in [0, 0.05) is 5.56 Å². The van der Waals surface area contributed by atoms with Gasteiger partial charge >= 0.3 is 0 Å². The van der Waals surface area contributed by atoms with Crippen LogP contribution in [0.5, 0.6) is 0 Å². The number of benzene rings is 2. The first kappa shape index (κ1) is 12.1. The van der Waals surface area contributed by atoms with Crippen molar-refractivity contribution in [3.63, 3.8) is 0 Å². The molecule has 0 unspecified atom stereocenters. The standard InChI is InChI=1S/C16H10N2O2/c17-9-11-4-1-2-6-12(11)13-7-3-5-10-8-14(19)18-16(20)15(10)13/h1-7H,8H2,(H,18,19,20). The number of hydrogen-bond donors (Lipinski definition) is 1. The summed E-state index contributed by atoms with van der Waals surface area (Å²) in [5.74, 6) is -0.701. The SMILES string of the molecule is N#Cc1ccccc1-c1cccc2c1C(=O)NC(=O)C2. The van der Waals surface area contributed by atoms with Crippen molar-refractivity contribution >= 4 is 11.8 Å². The van der Waals surface area contributed by atoms with Crippen molar-refractivity contribution in [2.24, 2.45) is 0 Å². The second-order valence-electron chi connectivity index (χ2n) is 4.55. The summed E-state index contributed by atoms with van der Waals surface area (Å²) in [6, 6.07) is 14.6. The lowest BCUT2D eigenvalue weighted by atomic mass is 9.89. The van der Waals surface area contributed by atoms with Gasteiger partial charge < -0.3 is 0 Å². The average Bonchev–Trinajstić information content (AvgIpc) is 2.46. The molecule has 0 fully saturated rings. The van der Waals surface area contributed by atoms with Crippen LogP contribution in [0.3, 0.4) is 0 Å². The van der Waals surface area contributed by atoms with Crippen LogP contribution in [0.1, 0.15) is 21.5 Å². The molecule has 1 N–H and O–H groups in total. The normalized spacial score (nSPS) is 13.3. The molecule has 2 aromatic carbocycles. The zero-order chi connectivity index (χ0) is 14.1. The molecule has 4 heteroatoms. The van der Waals surface area contributed by atoms with E-state index in [1.54, 1.807) is 36.4 Å². The maximum absolute atomic E-state index is 12.1. The lowest BCUT2D eigenvalue weighted by Crippen LogP contribution is -2.37. The van der Waals surface area contributed by atoms with E-state index in [2.05, 4.69) is 11.4 Å². The number of fused-ring (bicyclic) bond motifs is 1. The van der Waals surface area contributed by atoms with Gasteiger partial charge in [0.2, 0.25) is 5.91 Å². The van der Waals surface area contributed by atoms with Crippen molar-refractivity contribution in [1.29, 1.82) is 5.26 Å². The summed E-state index contributed by atoms with van der Waals surface area (Å²) in [7, 11) is 0. The summed E-state index contributed by atoms with van der Waals surface area (Å²) in [4.78, 5) is 23.5. The summed E-state index contributed by atoms with van der Waals surface area (Å²) in [5, 5.41) is 11.5. The van der Waals surface area contributed by atoms with Crippen LogP contribution >= 0.6 is 0 Å². The number of imide groups is 1. The minimum atomic E-state index is -0.403. The van der Waals surface area contributed by atoms with E-state index in [0.29, 0.717) is 27.8 Å². The van der Waals surface area contributed by atoms with Crippen molar-refractivity contribution in [1.82, 2.24) is 5.32 Å². The van der Waals surface area contributed by atoms with E-state index in [1.165, 1.54) is 0 Å². The predicted molar refractivity (Wildman–Crippen MR) is 72.8 cm³/mol. The van der Waals surface area contributed by atoms with Gasteiger partial charge in [0.15, 0.2) is 0 Å². The number of hydrogen-bond acceptors (Lipinski definition) is 3. The molecule has 1 heterocycles. The zero-order valence-electron chi connectivity index (χ0n) is 10.5. The first-order valence-corrected chi connectivity index (χ1v) is 6.16. The van der Waals surface area contributed by atoms with Crippen molar-refractivity contribution in [2.45, 2.75) is 6.42 Å². The molecule has 0 saturated heterocycles. The summed E-state index contributed by atoms with van der Waals surface area (Å²) < 4.78 is 0. The van der Waals surface area contributed by atoms with Crippen LogP contribution in [-0.2, 0) is 11.2 Å². The molecule has 2 amide bonds. The first-order valence-electron chi connectivity index (χ1n) is 6.16. The van der Waals surface area contributed by atoms with E-state index in [-0.39, 0.29) is 12.3 Å². The van der Waals surface area contributed by atoms with E-state index >= 15 is 0 Å². The Kier molecular flexibility index (Phi) is 2.81.